The maximum Gasteiger partial charge on any atom is 0.309 e. The van der Waals surface area contributed by atoms with Crippen LogP contribution in [0.15, 0.2) is 48.6 Å². The lowest BCUT2D eigenvalue weighted by molar-refractivity contribution is -0.162. The van der Waals surface area contributed by atoms with Gasteiger partial charge in [0.15, 0.2) is 0 Å². The molecule has 2 bridgehead atoms. The number of aryl methyl sites for hydroxylation is 1. The third-order valence-corrected chi connectivity index (χ3v) is 12.2. The zero-order valence-electron chi connectivity index (χ0n) is 29.6. The molecule has 2 aromatic rings. The van der Waals surface area contributed by atoms with Gasteiger partial charge in [-0.15, -0.1) is 0 Å². The fraction of sp³-hybridized carbons (Fsp3) is 0.590. The molecular formula is C39H53ClN2O5S. The standard InChI is InChI=1S/C39H53ClN2O5S/c1-8-10-27-19-31(40)15-17-33(27)30-22-42-21-29-13-16-34(29)32(25(3)38(44)47-39(5,6)7)12-9-11-24(2)26(4)48(45)41-37(43)28-14-18-36(46-23-30)35(42)20-28/h9,12,14-15,17-20,24-26,29-30,32,34H,8,10-11,13,16,21-23H2,1-7H3,(H,41,43)/b12-9+/t24?,25-,26?,29?,30?,32?,34?,48?/m1/s1. The van der Waals surface area contributed by atoms with Gasteiger partial charge in [0, 0.05) is 29.6 Å². The predicted octanol–water partition coefficient (Wildman–Crippen LogP) is 8.27. The van der Waals surface area contributed by atoms with Crippen molar-refractivity contribution in [2.45, 2.75) is 97.3 Å². The lowest BCUT2D eigenvalue weighted by Gasteiger charge is -2.45. The molecular weight excluding hydrogens is 644 g/mol. The highest BCUT2D eigenvalue weighted by Crippen LogP contribution is 2.46. The number of allylic oxidation sites excluding steroid dienone is 2. The summed E-state index contributed by atoms with van der Waals surface area (Å²) in [5.41, 5.74) is 3.24. The topological polar surface area (TPSA) is 84.9 Å². The normalized spacial score (nSPS) is 29.3. The summed E-state index contributed by atoms with van der Waals surface area (Å²) in [6.07, 6.45) is 9.09. The SMILES string of the molecule is CCCc1cc(Cl)ccc1C1COc2ccc3cc2N(C1)CC1CCC1C([C@@H](C)C(=O)OC(C)(C)C)/C=C/CC(C)C(C)S(=O)NC3=O. The monoisotopic (exact) mass is 696 g/mol. The summed E-state index contributed by atoms with van der Waals surface area (Å²) in [6.45, 7) is 15.9. The molecule has 3 aliphatic rings. The second kappa shape index (κ2) is 15.4. The lowest BCUT2D eigenvalue weighted by atomic mass is 9.63. The van der Waals surface area contributed by atoms with Crippen molar-refractivity contribution in [3.05, 3.63) is 70.3 Å². The summed E-state index contributed by atoms with van der Waals surface area (Å²) in [6, 6.07) is 11.7. The van der Waals surface area contributed by atoms with Crippen LogP contribution in [0.5, 0.6) is 5.75 Å². The molecule has 7 unspecified atom stereocenters. The van der Waals surface area contributed by atoms with Crippen molar-refractivity contribution >= 4 is 40.2 Å². The maximum absolute atomic E-state index is 13.5. The van der Waals surface area contributed by atoms with E-state index in [0.717, 1.165) is 48.7 Å². The Hall–Kier alpha value is -2.84. The first-order chi connectivity index (χ1) is 22.8. The number of anilines is 1. The number of amides is 1. The van der Waals surface area contributed by atoms with Gasteiger partial charge in [-0.3, -0.25) is 14.3 Å². The second-order valence-electron chi connectivity index (χ2n) is 15.2. The number of nitrogens with one attached hydrogen (secondary N) is 1. The number of carbonyl (C=O) groups excluding carboxylic acids is 2. The van der Waals surface area contributed by atoms with E-state index in [1.54, 1.807) is 6.07 Å². The highest BCUT2D eigenvalue weighted by atomic mass is 35.5. The van der Waals surface area contributed by atoms with Crippen molar-refractivity contribution in [3.8, 4) is 5.75 Å². The highest BCUT2D eigenvalue weighted by Gasteiger charge is 2.42. The number of esters is 1. The van der Waals surface area contributed by atoms with Gasteiger partial charge >= 0.3 is 5.97 Å². The van der Waals surface area contributed by atoms with Gasteiger partial charge in [-0.2, -0.15) is 0 Å². The molecule has 1 aliphatic carbocycles. The number of nitrogens with zero attached hydrogens (tertiary/aromatic N) is 1. The van der Waals surface area contributed by atoms with Gasteiger partial charge in [-0.25, -0.2) is 4.21 Å². The Kier molecular flexibility index (Phi) is 11.7. The van der Waals surface area contributed by atoms with Gasteiger partial charge in [0.1, 0.15) is 22.3 Å². The van der Waals surface area contributed by atoms with Gasteiger partial charge < -0.3 is 14.4 Å². The number of benzene rings is 2. The molecule has 1 fully saturated rings. The molecule has 48 heavy (non-hydrogen) atoms. The largest absolute Gasteiger partial charge is 0.491 e. The van der Waals surface area contributed by atoms with Gasteiger partial charge in [0.2, 0.25) is 0 Å². The summed E-state index contributed by atoms with van der Waals surface area (Å²) >= 11 is 6.45. The summed E-state index contributed by atoms with van der Waals surface area (Å²) in [5.74, 6) is 0.689. The predicted molar refractivity (Wildman–Crippen MR) is 195 cm³/mol. The van der Waals surface area contributed by atoms with E-state index >= 15 is 0 Å². The Balaban J connectivity index is 1.55. The molecule has 0 spiro atoms. The molecule has 9 heteroatoms. The van der Waals surface area contributed by atoms with E-state index in [4.69, 9.17) is 21.1 Å². The number of hydrogen-bond acceptors (Lipinski definition) is 6. The molecule has 7 nitrogen and oxygen atoms in total. The van der Waals surface area contributed by atoms with Crippen molar-refractivity contribution in [1.29, 1.82) is 0 Å². The molecule has 1 N–H and O–H groups in total. The van der Waals surface area contributed by atoms with Crippen LogP contribution in [0.2, 0.25) is 5.02 Å². The van der Waals surface area contributed by atoms with Crippen LogP contribution < -0.4 is 14.4 Å². The van der Waals surface area contributed by atoms with Gasteiger partial charge in [-0.05, 0) is 119 Å². The zero-order valence-corrected chi connectivity index (χ0v) is 31.2. The van der Waals surface area contributed by atoms with Gasteiger partial charge in [-0.1, -0.05) is 57.0 Å². The molecule has 1 amide bonds. The summed E-state index contributed by atoms with van der Waals surface area (Å²) in [7, 11) is -1.57. The van der Waals surface area contributed by atoms with Crippen LogP contribution in [0, 0.1) is 29.6 Å². The molecule has 0 radical (unpaired) electrons. The number of rotatable bonds is 5. The van der Waals surface area contributed by atoms with E-state index in [9.17, 15) is 13.8 Å². The van der Waals surface area contributed by atoms with Crippen LogP contribution in [0.25, 0.3) is 0 Å². The molecule has 8 atom stereocenters. The highest BCUT2D eigenvalue weighted by molar-refractivity contribution is 7.84. The van der Waals surface area contributed by atoms with E-state index in [1.165, 1.54) is 11.1 Å². The van der Waals surface area contributed by atoms with E-state index in [2.05, 4.69) is 47.8 Å². The number of halogens is 1. The number of ether oxygens (including phenoxy) is 2. The van der Waals surface area contributed by atoms with Crippen LogP contribution in [0.4, 0.5) is 5.69 Å². The number of fused-ring (bicyclic) bond motifs is 2. The summed E-state index contributed by atoms with van der Waals surface area (Å²) < 4.78 is 28.5. The second-order valence-corrected chi connectivity index (χ2v) is 17.1. The minimum Gasteiger partial charge on any atom is -0.491 e. The van der Waals surface area contributed by atoms with Crippen LogP contribution in [0.1, 0.15) is 102 Å². The average Bonchev–Trinajstić information content (AvgIpc) is 3.19. The summed E-state index contributed by atoms with van der Waals surface area (Å²) in [4.78, 5) is 29.3. The third-order valence-electron chi connectivity index (χ3n) is 10.5. The van der Waals surface area contributed by atoms with E-state index in [1.807, 2.05) is 52.8 Å². The fourth-order valence-electron chi connectivity index (χ4n) is 7.39. The molecule has 262 valence electrons. The Morgan fingerprint density at radius 1 is 1.15 bits per heavy atom. The Morgan fingerprint density at radius 2 is 1.92 bits per heavy atom. The van der Waals surface area contributed by atoms with Gasteiger partial charge in [0.25, 0.3) is 5.91 Å². The van der Waals surface area contributed by atoms with Crippen molar-refractivity contribution in [2.75, 3.05) is 24.6 Å². The maximum atomic E-state index is 13.5. The van der Waals surface area contributed by atoms with Crippen molar-refractivity contribution in [3.63, 3.8) is 0 Å². The third kappa shape index (κ3) is 8.47. The smallest absolute Gasteiger partial charge is 0.309 e. The molecule has 2 aromatic carbocycles. The fourth-order valence-corrected chi connectivity index (χ4v) is 8.61. The Bertz CT molecular complexity index is 1540. The zero-order chi connectivity index (χ0) is 34.7. The van der Waals surface area contributed by atoms with Crippen molar-refractivity contribution < 1.29 is 23.3 Å². The molecule has 1 saturated carbocycles. The Morgan fingerprint density at radius 3 is 2.60 bits per heavy atom. The lowest BCUT2D eigenvalue weighted by Crippen LogP contribution is -2.45. The van der Waals surface area contributed by atoms with E-state index in [0.29, 0.717) is 37.0 Å². The first-order valence-corrected chi connectivity index (χ1v) is 19.3. The number of hydrogen-bond donors (Lipinski definition) is 1. The molecule has 0 aromatic heterocycles. The first-order valence-electron chi connectivity index (χ1n) is 17.7. The summed E-state index contributed by atoms with van der Waals surface area (Å²) in [5, 5.41) is 0.472. The average molecular weight is 697 g/mol. The molecule has 5 rings (SSSR count). The number of carbonyl (C=O) groups is 2. The van der Waals surface area contributed by atoms with Crippen LogP contribution in [0.3, 0.4) is 0 Å². The molecule has 0 saturated heterocycles. The van der Waals surface area contributed by atoms with E-state index < -0.39 is 16.6 Å². The van der Waals surface area contributed by atoms with Gasteiger partial charge in [0.05, 0.1) is 23.5 Å². The van der Waals surface area contributed by atoms with E-state index in [-0.39, 0.29) is 40.8 Å². The van der Waals surface area contributed by atoms with Crippen LogP contribution in [-0.4, -0.2) is 46.6 Å². The van der Waals surface area contributed by atoms with Crippen LogP contribution >= 0.6 is 11.6 Å². The first kappa shape index (κ1) is 36.4. The Labute approximate surface area is 294 Å². The minimum atomic E-state index is -1.57. The molecule has 2 aliphatic heterocycles. The van der Waals surface area contributed by atoms with Crippen LogP contribution in [-0.2, 0) is 26.9 Å². The quantitative estimate of drug-likeness (QED) is 0.250. The van der Waals surface area contributed by atoms with Crippen molar-refractivity contribution in [1.82, 2.24) is 4.72 Å². The van der Waals surface area contributed by atoms with Crippen molar-refractivity contribution in [2.24, 2.45) is 29.6 Å². The molecule has 2 heterocycles. The minimum absolute atomic E-state index is 0.0106.